The molecule has 0 saturated carbocycles. The quantitative estimate of drug-likeness (QED) is 0.174. The van der Waals surface area contributed by atoms with E-state index in [9.17, 15) is 14.9 Å². The Labute approximate surface area is 223 Å². The maximum Gasteiger partial charge on any atom is 0.338 e. The number of carbonyl (C=O) groups is 2. The average Bonchev–Trinajstić information content (AvgIpc) is 2.86. The monoisotopic (exact) mass is 566 g/mol. The van der Waals surface area contributed by atoms with Crippen LogP contribution in [0.1, 0.15) is 40.9 Å². The summed E-state index contributed by atoms with van der Waals surface area (Å²) in [6.45, 7) is 4.33. The number of halogens is 2. The largest absolute Gasteiger partial charge is 0.494 e. The second-order valence-electron chi connectivity index (χ2n) is 7.60. The van der Waals surface area contributed by atoms with Crippen LogP contribution >= 0.6 is 27.5 Å². The summed E-state index contributed by atoms with van der Waals surface area (Å²) < 4.78 is 11.6. The summed E-state index contributed by atoms with van der Waals surface area (Å²) in [4.78, 5) is 24.6. The van der Waals surface area contributed by atoms with E-state index in [1.54, 1.807) is 37.3 Å². The summed E-state index contributed by atoms with van der Waals surface area (Å²) >= 11 is 9.95. The van der Waals surface area contributed by atoms with Crippen LogP contribution in [0.4, 0.5) is 5.69 Å². The Morgan fingerprint density at radius 1 is 1.08 bits per heavy atom. The van der Waals surface area contributed by atoms with Gasteiger partial charge in [-0.1, -0.05) is 45.7 Å². The Hall–Kier alpha value is -3.60. The lowest BCUT2D eigenvalue weighted by molar-refractivity contribution is -0.112. The summed E-state index contributed by atoms with van der Waals surface area (Å²) in [6.07, 6.45) is 2.04. The van der Waals surface area contributed by atoms with E-state index < -0.39 is 11.9 Å². The van der Waals surface area contributed by atoms with Crippen molar-refractivity contribution in [1.82, 2.24) is 0 Å². The number of hydrogen-bond acceptors (Lipinski definition) is 5. The number of nitrogens with zero attached hydrogens (tertiary/aromatic N) is 1. The third-order valence-electron chi connectivity index (χ3n) is 5.13. The number of hydrogen-bond donors (Lipinski definition) is 1. The fourth-order valence-electron chi connectivity index (χ4n) is 3.42. The number of nitrogens with one attached hydrogen (secondary N) is 1. The van der Waals surface area contributed by atoms with E-state index >= 15 is 0 Å². The molecule has 0 radical (unpaired) electrons. The molecular weight excluding hydrogens is 544 g/mol. The topological polar surface area (TPSA) is 88.4 Å². The molecule has 0 fully saturated rings. The number of ether oxygens (including phenoxy) is 2. The molecule has 0 spiro atoms. The molecule has 3 aromatic carbocycles. The van der Waals surface area contributed by atoms with Crippen LogP contribution in [-0.2, 0) is 16.0 Å². The van der Waals surface area contributed by atoms with Crippen LogP contribution < -0.4 is 10.1 Å². The van der Waals surface area contributed by atoms with Gasteiger partial charge in [-0.05, 0) is 73.5 Å². The average molecular weight is 568 g/mol. The minimum atomic E-state index is -0.574. The van der Waals surface area contributed by atoms with E-state index in [1.807, 2.05) is 43.3 Å². The third kappa shape index (κ3) is 6.97. The van der Waals surface area contributed by atoms with Crippen LogP contribution in [0.25, 0.3) is 6.08 Å². The van der Waals surface area contributed by atoms with Crippen LogP contribution in [0.2, 0.25) is 5.02 Å². The zero-order chi connectivity index (χ0) is 26.1. The van der Waals surface area contributed by atoms with Gasteiger partial charge in [0.05, 0.1) is 18.8 Å². The van der Waals surface area contributed by atoms with Gasteiger partial charge in [-0.3, -0.25) is 4.79 Å². The fraction of sp³-hybridized carbons (Fsp3) is 0.179. The van der Waals surface area contributed by atoms with Crippen molar-refractivity contribution in [1.29, 1.82) is 5.26 Å². The van der Waals surface area contributed by atoms with Crippen molar-refractivity contribution in [2.75, 3.05) is 18.5 Å². The smallest absolute Gasteiger partial charge is 0.338 e. The molecule has 0 saturated heterocycles. The Morgan fingerprint density at radius 3 is 2.44 bits per heavy atom. The first-order chi connectivity index (χ1) is 17.4. The Balaban J connectivity index is 1.84. The Bertz CT molecular complexity index is 1330. The van der Waals surface area contributed by atoms with Gasteiger partial charge in [0, 0.05) is 27.2 Å². The Kier molecular flexibility index (Phi) is 9.69. The molecule has 1 N–H and O–H groups in total. The predicted molar refractivity (Wildman–Crippen MR) is 144 cm³/mol. The molecule has 36 heavy (non-hydrogen) atoms. The van der Waals surface area contributed by atoms with Gasteiger partial charge < -0.3 is 14.8 Å². The molecule has 0 unspecified atom stereocenters. The molecule has 8 heteroatoms. The number of anilines is 1. The molecule has 0 heterocycles. The molecule has 3 aromatic rings. The van der Waals surface area contributed by atoms with Crippen LogP contribution in [0.5, 0.6) is 5.75 Å². The predicted octanol–water partition coefficient (Wildman–Crippen LogP) is 6.81. The third-order valence-corrected chi connectivity index (χ3v) is 6.21. The second kappa shape index (κ2) is 12.9. The highest BCUT2D eigenvalue weighted by atomic mass is 79.9. The molecule has 0 aliphatic rings. The van der Waals surface area contributed by atoms with Gasteiger partial charge >= 0.3 is 5.97 Å². The normalized spacial score (nSPS) is 10.9. The van der Waals surface area contributed by atoms with Crippen molar-refractivity contribution in [3.8, 4) is 11.8 Å². The van der Waals surface area contributed by atoms with Crippen LogP contribution in [-0.4, -0.2) is 25.1 Å². The van der Waals surface area contributed by atoms with Gasteiger partial charge in [-0.2, -0.15) is 5.26 Å². The number of benzene rings is 3. The first kappa shape index (κ1) is 27.0. The van der Waals surface area contributed by atoms with Crippen molar-refractivity contribution >= 4 is 51.2 Å². The standard InChI is InChI=1S/C28H24BrClN2O4/c1-3-35-26-15-18(14-24(29)23(26)16-20-7-5-6-8-25(20)30)13-21(17-31)27(33)32-22-11-9-19(10-12-22)28(34)36-4-2/h5-15H,3-4,16H2,1-2H3,(H,32,33)/b21-13+. The number of amides is 1. The fourth-order valence-corrected chi connectivity index (χ4v) is 4.22. The highest BCUT2D eigenvalue weighted by molar-refractivity contribution is 9.10. The van der Waals surface area contributed by atoms with Crippen molar-refractivity contribution < 1.29 is 19.1 Å². The first-order valence-electron chi connectivity index (χ1n) is 11.2. The van der Waals surface area contributed by atoms with Crippen LogP contribution in [0.3, 0.4) is 0 Å². The van der Waals surface area contributed by atoms with E-state index in [2.05, 4.69) is 21.2 Å². The van der Waals surface area contributed by atoms with Gasteiger partial charge in [0.25, 0.3) is 5.91 Å². The minimum Gasteiger partial charge on any atom is -0.494 e. The molecule has 0 bridgehead atoms. The molecule has 6 nitrogen and oxygen atoms in total. The highest BCUT2D eigenvalue weighted by Gasteiger charge is 2.15. The van der Waals surface area contributed by atoms with E-state index in [-0.39, 0.29) is 12.2 Å². The molecule has 0 atom stereocenters. The van der Waals surface area contributed by atoms with Gasteiger partial charge in [0.15, 0.2) is 0 Å². The highest BCUT2D eigenvalue weighted by Crippen LogP contribution is 2.33. The molecule has 3 rings (SSSR count). The van der Waals surface area contributed by atoms with Gasteiger partial charge in [0.1, 0.15) is 17.4 Å². The lowest BCUT2D eigenvalue weighted by atomic mass is 10.0. The van der Waals surface area contributed by atoms with Crippen LogP contribution in [0.15, 0.2) is 70.7 Å². The molecule has 0 aromatic heterocycles. The maximum atomic E-state index is 12.8. The number of nitriles is 1. The van der Waals surface area contributed by atoms with Gasteiger partial charge in [-0.25, -0.2) is 4.79 Å². The summed E-state index contributed by atoms with van der Waals surface area (Å²) in [7, 11) is 0. The summed E-state index contributed by atoms with van der Waals surface area (Å²) in [5, 5.41) is 13.0. The second-order valence-corrected chi connectivity index (χ2v) is 8.86. The van der Waals surface area contributed by atoms with E-state index in [1.165, 1.54) is 6.08 Å². The maximum absolute atomic E-state index is 12.8. The zero-order valence-electron chi connectivity index (χ0n) is 19.8. The van der Waals surface area contributed by atoms with E-state index in [0.717, 1.165) is 15.6 Å². The Morgan fingerprint density at radius 2 is 1.81 bits per heavy atom. The van der Waals surface area contributed by atoms with E-state index in [0.29, 0.717) is 40.6 Å². The molecular formula is C28H24BrClN2O4. The van der Waals surface area contributed by atoms with Gasteiger partial charge in [0.2, 0.25) is 0 Å². The molecule has 184 valence electrons. The van der Waals surface area contributed by atoms with E-state index in [4.69, 9.17) is 21.1 Å². The van der Waals surface area contributed by atoms with Crippen molar-refractivity contribution in [3.63, 3.8) is 0 Å². The summed E-state index contributed by atoms with van der Waals surface area (Å²) in [6, 6.07) is 19.4. The van der Waals surface area contributed by atoms with Crippen molar-refractivity contribution in [2.45, 2.75) is 20.3 Å². The molecule has 1 amide bonds. The first-order valence-corrected chi connectivity index (χ1v) is 12.4. The number of esters is 1. The number of rotatable bonds is 9. The molecule has 0 aliphatic heterocycles. The summed E-state index contributed by atoms with van der Waals surface area (Å²) in [5.41, 5.74) is 3.22. The van der Waals surface area contributed by atoms with Crippen molar-refractivity contribution in [3.05, 3.63) is 98.0 Å². The zero-order valence-corrected chi connectivity index (χ0v) is 22.2. The number of carbonyl (C=O) groups excluding carboxylic acids is 2. The van der Waals surface area contributed by atoms with Crippen molar-refractivity contribution in [2.24, 2.45) is 0 Å². The lowest BCUT2D eigenvalue weighted by Gasteiger charge is -2.15. The molecule has 0 aliphatic carbocycles. The lowest BCUT2D eigenvalue weighted by Crippen LogP contribution is -2.13. The van der Waals surface area contributed by atoms with Crippen LogP contribution in [0, 0.1) is 11.3 Å². The van der Waals surface area contributed by atoms with Gasteiger partial charge in [-0.15, -0.1) is 0 Å². The minimum absolute atomic E-state index is 0.0855. The summed E-state index contributed by atoms with van der Waals surface area (Å²) in [5.74, 6) is -0.387. The SMILES string of the molecule is CCOC(=O)c1ccc(NC(=O)/C(C#N)=C/c2cc(Br)c(Cc3ccccc3Cl)c(OCC)c2)cc1.